The number of fused-ring (bicyclic) bond motifs is 1. The maximum absolute atomic E-state index is 12.1. The minimum Gasteiger partial charge on any atom is -0.391 e. The monoisotopic (exact) mass is 295 g/mol. The number of aliphatic hydroxyl groups excluding tert-OH is 1. The third-order valence-electron chi connectivity index (χ3n) is 3.16. The van der Waals surface area contributed by atoms with E-state index < -0.39 is 6.10 Å². The Bertz CT molecular complexity index is 581. The van der Waals surface area contributed by atoms with E-state index in [4.69, 9.17) is 0 Å². The number of carbonyl (C=O) groups excluding carboxylic acids is 1. The molecule has 110 valence electrons. The molecule has 0 fully saturated rings. The van der Waals surface area contributed by atoms with E-state index in [2.05, 4.69) is 10.4 Å². The zero-order valence-corrected chi connectivity index (χ0v) is 13.1. The maximum atomic E-state index is 12.1. The number of rotatable bonds is 5. The van der Waals surface area contributed by atoms with Gasteiger partial charge >= 0.3 is 0 Å². The zero-order valence-electron chi connectivity index (χ0n) is 12.3. The number of hydrogen-bond donors (Lipinski definition) is 2. The topological polar surface area (TPSA) is 67.2 Å². The van der Waals surface area contributed by atoms with Gasteiger partial charge in [-0.1, -0.05) is 13.8 Å². The van der Waals surface area contributed by atoms with Crippen LogP contribution in [0.15, 0.2) is 6.07 Å². The summed E-state index contributed by atoms with van der Waals surface area (Å²) in [7, 11) is 1.87. The fraction of sp³-hybridized carbons (Fsp3) is 0.571. The molecule has 2 rings (SSSR count). The quantitative estimate of drug-likeness (QED) is 0.887. The summed E-state index contributed by atoms with van der Waals surface area (Å²) < 4.78 is 1.79. The number of thiophene rings is 1. The van der Waals surface area contributed by atoms with Gasteiger partial charge in [0, 0.05) is 19.0 Å². The predicted molar refractivity (Wildman–Crippen MR) is 81.1 cm³/mol. The van der Waals surface area contributed by atoms with Crippen LogP contribution in [0.25, 0.3) is 10.2 Å². The number of hydrogen-bond acceptors (Lipinski definition) is 4. The van der Waals surface area contributed by atoms with Gasteiger partial charge in [-0.25, -0.2) is 0 Å². The normalized spacial score (nSPS) is 13.1. The molecule has 6 heteroatoms. The first-order valence-electron chi connectivity index (χ1n) is 6.78. The van der Waals surface area contributed by atoms with Crippen LogP contribution in [0, 0.1) is 12.8 Å². The number of nitrogens with zero attached hydrogens (tertiary/aromatic N) is 2. The van der Waals surface area contributed by atoms with E-state index in [-0.39, 0.29) is 5.91 Å². The number of amides is 1. The largest absolute Gasteiger partial charge is 0.391 e. The van der Waals surface area contributed by atoms with Crippen molar-refractivity contribution < 1.29 is 9.90 Å². The minimum atomic E-state index is -0.489. The minimum absolute atomic E-state index is 0.131. The number of aryl methyl sites for hydroxylation is 2. The van der Waals surface area contributed by atoms with Crippen LogP contribution in [0.3, 0.4) is 0 Å². The van der Waals surface area contributed by atoms with Crippen LogP contribution < -0.4 is 5.32 Å². The highest BCUT2D eigenvalue weighted by Gasteiger charge is 2.16. The van der Waals surface area contributed by atoms with Gasteiger partial charge in [0.05, 0.1) is 16.7 Å². The van der Waals surface area contributed by atoms with Crippen molar-refractivity contribution in [1.29, 1.82) is 0 Å². The molecule has 0 saturated carbocycles. The molecule has 1 amide bonds. The van der Waals surface area contributed by atoms with E-state index in [9.17, 15) is 9.90 Å². The Morgan fingerprint density at radius 2 is 2.25 bits per heavy atom. The molecule has 2 N–H and O–H groups in total. The average molecular weight is 295 g/mol. The Balaban J connectivity index is 2.02. The lowest BCUT2D eigenvalue weighted by atomic mass is 10.1. The molecular formula is C14H21N3O2S. The van der Waals surface area contributed by atoms with Gasteiger partial charge in [-0.05, 0) is 25.3 Å². The fourth-order valence-corrected chi connectivity index (χ4v) is 3.28. The van der Waals surface area contributed by atoms with Gasteiger partial charge in [0.2, 0.25) is 0 Å². The van der Waals surface area contributed by atoms with Crippen LogP contribution in [0.1, 0.15) is 35.6 Å². The number of nitrogens with one attached hydrogen (secondary N) is 1. The lowest BCUT2D eigenvalue weighted by molar-refractivity contribution is 0.0904. The lowest BCUT2D eigenvalue weighted by Gasteiger charge is -2.13. The first-order chi connectivity index (χ1) is 9.38. The molecule has 0 bridgehead atoms. The van der Waals surface area contributed by atoms with Crippen molar-refractivity contribution in [3.8, 4) is 0 Å². The first-order valence-corrected chi connectivity index (χ1v) is 7.59. The van der Waals surface area contributed by atoms with Crippen LogP contribution in [-0.2, 0) is 7.05 Å². The van der Waals surface area contributed by atoms with Crippen molar-refractivity contribution in [3.63, 3.8) is 0 Å². The summed E-state index contributed by atoms with van der Waals surface area (Å²) in [5.74, 6) is 0.286. The molecule has 2 aromatic rings. The highest BCUT2D eigenvalue weighted by molar-refractivity contribution is 7.20. The smallest absolute Gasteiger partial charge is 0.261 e. The van der Waals surface area contributed by atoms with Crippen LogP contribution >= 0.6 is 11.3 Å². The second-order valence-electron chi connectivity index (χ2n) is 5.53. The van der Waals surface area contributed by atoms with Crippen LogP contribution in [-0.4, -0.2) is 33.4 Å². The molecule has 0 aliphatic heterocycles. The second kappa shape index (κ2) is 5.93. The number of aliphatic hydroxyl groups is 1. The molecular weight excluding hydrogens is 274 g/mol. The molecule has 0 radical (unpaired) electrons. The van der Waals surface area contributed by atoms with Gasteiger partial charge in [-0.2, -0.15) is 5.10 Å². The van der Waals surface area contributed by atoms with Crippen molar-refractivity contribution in [1.82, 2.24) is 15.1 Å². The highest BCUT2D eigenvalue weighted by atomic mass is 32.1. The molecule has 0 saturated heterocycles. The highest BCUT2D eigenvalue weighted by Crippen LogP contribution is 2.27. The molecule has 0 aliphatic rings. The maximum Gasteiger partial charge on any atom is 0.261 e. The predicted octanol–water partition coefficient (Wildman–Crippen LogP) is 2.08. The van der Waals surface area contributed by atoms with Crippen molar-refractivity contribution >= 4 is 27.5 Å². The average Bonchev–Trinajstić information content (AvgIpc) is 2.89. The third kappa shape index (κ3) is 3.19. The Labute approximate surface area is 122 Å². The van der Waals surface area contributed by atoms with Crippen LogP contribution in [0.2, 0.25) is 0 Å². The molecule has 0 spiro atoms. The van der Waals surface area contributed by atoms with E-state index >= 15 is 0 Å². The van der Waals surface area contributed by atoms with Gasteiger partial charge < -0.3 is 10.4 Å². The summed E-state index contributed by atoms with van der Waals surface area (Å²) in [5.41, 5.74) is 0.928. The van der Waals surface area contributed by atoms with Crippen molar-refractivity contribution in [2.45, 2.75) is 33.3 Å². The van der Waals surface area contributed by atoms with Gasteiger partial charge in [-0.3, -0.25) is 9.48 Å². The molecule has 5 nitrogen and oxygen atoms in total. The molecule has 20 heavy (non-hydrogen) atoms. The summed E-state index contributed by atoms with van der Waals surface area (Å²) in [6, 6.07) is 1.87. The number of carbonyl (C=O) groups is 1. The van der Waals surface area contributed by atoms with Crippen molar-refractivity contribution in [2.75, 3.05) is 6.54 Å². The van der Waals surface area contributed by atoms with E-state index in [1.807, 2.05) is 33.9 Å². The molecule has 2 heterocycles. The number of aromatic nitrogens is 2. The summed E-state index contributed by atoms with van der Waals surface area (Å²) in [6.07, 6.45) is 0.201. The lowest BCUT2D eigenvalue weighted by Crippen LogP contribution is -2.32. The SMILES string of the molecule is Cc1nn(C)c2sc(C(=O)NCC(O)CC(C)C)cc12. The Hall–Kier alpha value is -1.40. The van der Waals surface area contributed by atoms with E-state index in [0.29, 0.717) is 23.8 Å². The zero-order chi connectivity index (χ0) is 14.9. The van der Waals surface area contributed by atoms with Crippen LogP contribution in [0.5, 0.6) is 0 Å². The Morgan fingerprint density at radius 3 is 2.85 bits per heavy atom. The molecule has 1 unspecified atom stereocenters. The molecule has 2 aromatic heterocycles. The molecule has 0 aromatic carbocycles. The third-order valence-corrected chi connectivity index (χ3v) is 4.36. The fourth-order valence-electron chi connectivity index (χ4n) is 2.24. The summed E-state index contributed by atoms with van der Waals surface area (Å²) in [6.45, 7) is 6.32. The van der Waals surface area contributed by atoms with Crippen LogP contribution in [0.4, 0.5) is 0 Å². The Morgan fingerprint density at radius 1 is 1.55 bits per heavy atom. The first kappa shape index (κ1) is 15.0. The Kier molecular flexibility index (Phi) is 4.45. The van der Waals surface area contributed by atoms with E-state index in [0.717, 1.165) is 15.9 Å². The van der Waals surface area contributed by atoms with Gasteiger partial charge in [0.15, 0.2) is 0 Å². The van der Waals surface area contributed by atoms with Crippen molar-refractivity contribution in [3.05, 3.63) is 16.6 Å². The standard InChI is InChI=1S/C14H21N3O2S/c1-8(2)5-10(18)7-15-13(19)12-6-11-9(3)16-17(4)14(11)20-12/h6,8,10,18H,5,7H2,1-4H3,(H,15,19). The van der Waals surface area contributed by atoms with Crippen molar-refractivity contribution in [2.24, 2.45) is 13.0 Å². The van der Waals surface area contributed by atoms with Gasteiger partial charge in [0.1, 0.15) is 4.83 Å². The van der Waals surface area contributed by atoms with E-state index in [1.54, 1.807) is 4.68 Å². The van der Waals surface area contributed by atoms with Gasteiger partial charge in [-0.15, -0.1) is 11.3 Å². The molecule has 1 atom stereocenters. The van der Waals surface area contributed by atoms with E-state index in [1.165, 1.54) is 11.3 Å². The summed E-state index contributed by atoms with van der Waals surface area (Å²) in [4.78, 5) is 13.7. The molecule has 0 aliphatic carbocycles. The summed E-state index contributed by atoms with van der Waals surface area (Å²) in [5, 5.41) is 17.9. The summed E-state index contributed by atoms with van der Waals surface area (Å²) >= 11 is 1.43. The second-order valence-corrected chi connectivity index (χ2v) is 6.56. The van der Waals surface area contributed by atoms with Gasteiger partial charge in [0.25, 0.3) is 5.91 Å².